The Labute approximate surface area is 188 Å². The van der Waals surface area contributed by atoms with Crippen molar-refractivity contribution in [3.63, 3.8) is 0 Å². The van der Waals surface area contributed by atoms with Crippen molar-refractivity contribution < 1.29 is 21.6 Å². The van der Waals surface area contributed by atoms with Crippen LogP contribution >= 0.6 is 0 Å². The molecule has 3 rings (SSSR count). The van der Waals surface area contributed by atoms with E-state index in [0.717, 1.165) is 16.1 Å². The van der Waals surface area contributed by atoms with Crippen molar-refractivity contribution in [2.75, 3.05) is 27.6 Å². The summed E-state index contributed by atoms with van der Waals surface area (Å²) in [4.78, 5) is 12.7. The molecule has 8 nitrogen and oxygen atoms in total. The fourth-order valence-corrected chi connectivity index (χ4v) is 4.35. The maximum absolute atomic E-state index is 12.6. The number of sulfonamides is 2. The molecule has 3 aromatic rings. The van der Waals surface area contributed by atoms with Gasteiger partial charge in [0.15, 0.2) is 0 Å². The summed E-state index contributed by atoms with van der Waals surface area (Å²) in [5.74, 6) is -0.419. The molecule has 3 aromatic carbocycles. The Balaban J connectivity index is 1.71. The molecular formula is C22H23N3O5S2. The second kappa shape index (κ2) is 9.01. The highest BCUT2D eigenvalue weighted by Crippen LogP contribution is 2.22. The second-order valence-electron chi connectivity index (χ2n) is 7.23. The van der Waals surface area contributed by atoms with E-state index in [9.17, 15) is 21.6 Å². The molecule has 10 heteroatoms. The number of hydrogen-bond acceptors (Lipinski definition) is 5. The standard InChI is InChI=1S/C22H23N3O5S2/c1-16-7-13-21(14-8-16)32(29,30)24-18-11-9-17(10-12-18)22(26)23-19-5-4-6-20(15-19)25(2)31(3,27)28/h4-15,24H,1-3H3,(H,23,26). The van der Waals surface area contributed by atoms with Crippen molar-refractivity contribution in [3.8, 4) is 0 Å². The van der Waals surface area contributed by atoms with Crippen LogP contribution in [0.2, 0.25) is 0 Å². The van der Waals surface area contributed by atoms with Crippen LogP contribution in [-0.2, 0) is 20.0 Å². The average Bonchev–Trinajstić information content (AvgIpc) is 2.73. The minimum atomic E-state index is -3.74. The van der Waals surface area contributed by atoms with Crippen molar-refractivity contribution >= 4 is 43.0 Å². The number of hydrogen-bond donors (Lipinski definition) is 2. The number of carbonyl (C=O) groups excluding carboxylic acids is 1. The van der Waals surface area contributed by atoms with Gasteiger partial charge in [-0.1, -0.05) is 23.8 Å². The first-order valence-corrected chi connectivity index (χ1v) is 12.8. The van der Waals surface area contributed by atoms with Crippen LogP contribution in [0.5, 0.6) is 0 Å². The molecule has 0 atom stereocenters. The van der Waals surface area contributed by atoms with E-state index < -0.39 is 26.0 Å². The summed E-state index contributed by atoms with van der Waals surface area (Å²) in [6.45, 7) is 1.87. The van der Waals surface area contributed by atoms with Gasteiger partial charge in [0.25, 0.3) is 15.9 Å². The summed E-state index contributed by atoms with van der Waals surface area (Å²) in [6, 6.07) is 18.9. The quantitative estimate of drug-likeness (QED) is 0.546. The van der Waals surface area contributed by atoms with E-state index in [1.807, 2.05) is 6.92 Å². The molecule has 0 aromatic heterocycles. The predicted octanol–water partition coefficient (Wildman–Crippen LogP) is 3.44. The summed E-state index contributed by atoms with van der Waals surface area (Å²) >= 11 is 0. The molecule has 0 saturated heterocycles. The number of amides is 1. The molecule has 0 fully saturated rings. The lowest BCUT2D eigenvalue weighted by Gasteiger charge is -2.17. The minimum absolute atomic E-state index is 0.142. The van der Waals surface area contributed by atoms with Crippen LogP contribution in [-0.4, -0.2) is 36.0 Å². The Morgan fingerprint density at radius 2 is 1.47 bits per heavy atom. The Hall–Kier alpha value is -3.37. The molecule has 0 aliphatic heterocycles. The Bertz CT molecular complexity index is 1340. The van der Waals surface area contributed by atoms with Gasteiger partial charge in [0.2, 0.25) is 10.0 Å². The number of anilines is 3. The molecule has 0 spiro atoms. The van der Waals surface area contributed by atoms with E-state index in [4.69, 9.17) is 0 Å². The third-order valence-corrected chi connectivity index (χ3v) is 7.30. The molecule has 32 heavy (non-hydrogen) atoms. The zero-order valence-corrected chi connectivity index (χ0v) is 19.4. The van der Waals surface area contributed by atoms with E-state index >= 15 is 0 Å². The van der Waals surface area contributed by atoms with Gasteiger partial charge in [-0.25, -0.2) is 16.8 Å². The van der Waals surface area contributed by atoms with Crippen LogP contribution in [0.4, 0.5) is 17.1 Å². The molecule has 0 radical (unpaired) electrons. The van der Waals surface area contributed by atoms with E-state index in [1.54, 1.807) is 36.4 Å². The van der Waals surface area contributed by atoms with Gasteiger partial charge in [-0.05, 0) is 61.5 Å². The fraction of sp³-hybridized carbons (Fsp3) is 0.136. The zero-order chi connectivity index (χ0) is 23.5. The fourth-order valence-electron chi connectivity index (χ4n) is 2.80. The Kier molecular flexibility index (Phi) is 6.56. The summed E-state index contributed by atoms with van der Waals surface area (Å²) in [5, 5.41) is 2.70. The van der Waals surface area contributed by atoms with Crippen molar-refractivity contribution in [2.24, 2.45) is 0 Å². The van der Waals surface area contributed by atoms with Crippen LogP contribution < -0.4 is 14.3 Å². The van der Waals surface area contributed by atoms with Crippen molar-refractivity contribution in [1.29, 1.82) is 0 Å². The van der Waals surface area contributed by atoms with Gasteiger partial charge in [-0.15, -0.1) is 0 Å². The number of benzene rings is 3. The van der Waals surface area contributed by atoms with E-state index in [2.05, 4.69) is 10.0 Å². The summed E-state index contributed by atoms with van der Waals surface area (Å²) < 4.78 is 52.0. The molecular weight excluding hydrogens is 450 g/mol. The lowest BCUT2D eigenvalue weighted by Crippen LogP contribution is -2.24. The highest BCUT2D eigenvalue weighted by Gasteiger charge is 2.15. The number of rotatable bonds is 7. The zero-order valence-electron chi connectivity index (χ0n) is 17.7. The molecule has 1 amide bonds. The molecule has 2 N–H and O–H groups in total. The minimum Gasteiger partial charge on any atom is -0.322 e. The van der Waals surface area contributed by atoms with Crippen LogP contribution in [0.15, 0.2) is 77.7 Å². The predicted molar refractivity (Wildman–Crippen MR) is 126 cm³/mol. The van der Waals surface area contributed by atoms with Gasteiger partial charge < -0.3 is 5.32 Å². The SMILES string of the molecule is Cc1ccc(S(=O)(=O)Nc2ccc(C(=O)Nc3cccc(N(C)S(C)(=O)=O)c3)cc2)cc1. The first-order chi connectivity index (χ1) is 15.0. The van der Waals surface area contributed by atoms with Gasteiger partial charge in [-0.2, -0.15) is 0 Å². The lowest BCUT2D eigenvalue weighted by molar-refractivity contribution is 0.102. The molecule has 168 valence electrons. The molecule has 0 aliphatic rings. The topological polar surface area (TPSA) is 113 Å². The molecule has 0 saturated carbocycles. The van der Waals surface area contributed by atoms with Crippen molar-refractivity contribution in [2.45, 2.75) is 11.8 Å². The van der Waals surface area contributed by atoms with Crippen LogP contribution in [0.25, 0.3) is 0 Å². The summed E-state index contributed by atoms with van der Waals surface area (Å²) in [7, 11) is -5.75. The monoisotopic (exact) mass is 473 g/mol. The first kappa shape index (κ1) is 23.3. The molecule has 0 unspecified atom stereocenters. The first-order valence-electron chi connectivity index (χ1n) is 9.50. The number of carbonyl (C=O) groups is 1. The maximum atomic E-state index is 12.6. The highest BCUT2D eigenvalue weighted by atomic mass is 32.2. The number of nitrogens with zero attached hydrogens (tertiary/aromatic N) is 1. The van der Waals surface area contributed by atoms with Gasteiger partial charge in [0.05, 0.1) is 16.8 Å². The summed E-state index contributed by atoms with van der Waals surface area (Å²) in [6.07, 6.45) is 1.09. The Morgan fingerprint density at radius 1 is 0.844 bits per heavy atom. The van der Waals surface area contributed by atoms with Crippen LogP contribution in [0.1, 0.15) is 15.9 Å². The van der Waals surface area contributed by atoms with Crippen molar-refractivity contribution in [3.05, 3.63) is 83.9 Å². The molecule has 0 aliphatic carbocycles. The third kappa shape index (κ3) is 5.65. The van der Waals surface area contributed by atoms with E-state index in [-0.39, 0.29) is 4.90 Å². The normalized spacial score (nSPS) is 11.6. The number of aryl methyl sites for hydroxylation is 1. The third-order valence-electron chi connectivity index (χ3n) is 4.70. The van der Waals surface area contributed by atoms with Gasteiger partial charge >= 0.3 is 0 Å². The van der Waals surface area contributed by atoms with Crippen LogP contribution in [0.3, 0.4) is 0 Å². The van der Waals surface area contributed by atoms with Crippen molar-refractivity contribution in [1.82, 2.24) is 0 Å². The van der Waals surface area contributed by atoms with Gasteiger partial charge in [-0.3, -0.25) is 13.8 Å². The molecule has 0 bridgehead atoms. The smallest absolute Gasteiger partial charge is 0.261 e. The van der Waals surface area contributed by atoms with Gasteiger partial charge in [0, 0.05) is 24.0 Å². The largest absolute Gasteiger partial charge is 0.322 e. The van der Waals surface area contributed by atoms with E-state index in [0.29, 0.717) is 22.6 Å². The lowest BCUT2D eigenvalue weighted by atomic mass is 10.2. The summed E-state index contributed by atoms with van der Waals surface area (Å²) in [5.41, 5.74) is 2.41. The van der Waals surface area contributed by atoms with E-state index in [1.165, 1.54) is 43.4 Å². The molecule has 0 heterocycles. The highest BCUT2D eigenvalue weighted by molar-refractivity contribution is 7.92. The number of nitrogens with one attached hydrogen (secondary N) is 2. The average molecular weight is 474 g/mol. The Morgan fingerprint density at radius 3 is 2.06 bits per heavy atom. The second-order valence-corrected chi connectivity index (χ2v) is 10.9. The van der Waals surface area contributed by atoms with Crippen LogP contribution in [0, 0.1) is 6.92 Å². The maximum Gasteiger partial charge on any atom is 0.261 e. The van der Waals surface area contributed by atoms with Gasteiger partial charge in [0.1, 0.15) is 0 Å².